The van der Waals surface area contributed by atoms with Crippen molar-refractivity contribution in [3.8, 4) is 78.6 Å². The highest BCUT2D eigenvalue weighted by Crippen LogP contribution is 2.48. The molecule has 0 aliphatic heterocycles. The van der Waals surface area contributed by atoms with Gasteiger partial charge in [-0.3, -0.25) is 0 Å². The maximum absolute atomic E-state index is 2.47. The zero-order valence-corrected chi connectivity index (χ0v) is 66.4. The van der Waals surface area contributed by atoms with Gasteiger partial charge in [0.2, 0.25) is 0 Å². The Bertz CT molecular complexity index is 8630. The Labute approximate surface area is 702 Å². The van der Waals surface area contributed by atoms with Crippen LogP contribution in [0.2, 0.25) is 0 Å². The first-order chi connectivity index (χ1) is 60.5. The summed E-state index contributed by atoms with van der Waals surface area (Å²) in [5.74, 6) is 0. The van der Waals surface area contributed by atoms with Crippen LogP contribution < -0.4 is 0 Å². The van der Waals surface area contributed by atoms with Crippen molar-refractivity contribution in [2.24, 2.45) is 0 Å². The van der Waals surface area contributed by atoms with Crippen molar-refractivity contribution >= 4 is 152 Å². The van der Waals surface area contributed by atoms with Gasteiger partial charge in [-0.2, -0.15) is 0 Å². The predicted octanol–water partition coefficient (Wildman–Crippen LogP) is 30.9. The van der Waals surface area contributed by atoms with E-state index in [2.05, 4.69) is 476 Å². The average Bonchev–Trinajstić information content (AvgIpc) is 1.54. The highest BCUT2D eigenvalue weighted by Gasteiger charge is 2.25. The Hall–Kier alpha value is -16.3. The number of nitrogens with zero attached hydrogens (tertiary/aromatic N) is 6. The predicted molar refractivity (Wildman–Crippen MR) is 516 cm³/mol. The van der Waals surface area contributed by atoms with Crippen LogP contribution >= 0.6 is 0 Å². The van der Waals surface area contributed by atoms with E-state index in [1.54, 1.807) is 0 Å². The van der Waals surface area contributed by atoms with Gasteiger partial charge in [-0.05, 0) is 236 Å². The van der Waals surface area contributed by atoms with Crippen molar-refractivity contribution in [3.05, 3.63) is 449 Å². The molecule has 568 valence electrons. The van der Waals surface area contributed by atoms with E-state index in [4.69, 9.17) is 0 Å². The van der Waals surface area contributed by atoms with Crippen LogP contribution in [-0.4, -0.2) is 27.4 Å². The minimum absolute atomic E-state index is 1.15. The molecule has 0 atom stereocenters. The van der Waals surface area contributed by atoms with Crippen molar-refractivity contribution in [3.63, 3.8) is 0 Å². The minimum Gasteiger partial charge on any atom is -0.309 e. The third-order valence-electron chi connectivity index (χ3n) is 25.6. The Morgan fingerprint density at radius 3 is 0.803 bits per heavy atom. The fourth-order valence-electron chi connectivity index (χ4n) is 20.1. The maximum atomic E-state index is 2.47. The van der Waals surface area contributed by atoms with E-state index in [0.29, 0.717) is 0 Å². The average molecular weight is 1550 g/mol. The topological polar surface area (TPSA) is 29.6 Å². The fourth-order valence-corrected chi connectivity index (χ4v) is 20.1. The van der Waals surface area contributed by atoms with Gasteiger partial charge < -0.3 is 27.4 Å². The number of rotatable bonds is 10. The molecule has 0 aliphatic rings. The summed E-state index contributed by atoms with van der Waals surface area (Å²) in [5.41, 5.74) is 30.9. The first-order valence-corrected chi connectivity index (χ1v) is 42.0. The molecule has 0 bridgehead atoms. The van der Waals surface area contributed by atoms with Crippen LogP contribution in [0.15, 0.2) is 449 Å². The number of benzene rings is 20. The third-order valence-corrected chi connectivity index (χ3v) is 25.6. The lowest BCUT2D eigenvalue weighted by molar-refractivity contribution is 1.17. The Morgan fingerprint density at radius 1 is 0.107 bits per heavy atom. The lowest BCUT2D eigenvalue weighted by atomic mass is 9.99. The number of hydrogen-bond donors (Lipinski definition) is 0. The Morgan fingerprint density at radius 2 is 0.361 bits per heavy atom. The molecule has 0 amide bonds. The van der Waals surface area contributed by atoms with Gasteiger partial charge in [0.05, 0.1) is 66.2 Å². The maximum Gasteiger partial charge on any atom is 0.0548 e. The molecule has 0 spiro atoms. The molecule has 0 unspecified atom stereocenters. The van der Waals surface area contributed by atoms with E-state index >= 15 is 0 Å². The zero-order valence-electron chi connectivity index (χ0n) is 66.4. The summed E-state index contributed by atoms with van der Waals surface area (Å²) in [5, 5.41) is 19.9. The molecule has 6 heterocycles. The summed E-state index contributed by atoms with van der Waals surface area (Å²) < 4.78 is 14.6. The van der Waals surface area contributed by atoms with Crippen LogP contribution in [0.25, 0.3) is 231 Å². The van der Waals surface area contributed by atoms with E-state index in [9.17, 15) is 0 Å². The van der Waals surface area contributed by atoms with Crippen LogP contribution in [0.3, 0.4) is 0 Å². The van der Waals surface area contributed by atoms with Gasteiger partial charge in [-0.25, -0.2) is 0 Å². The van der Waals surface area contributed by atoms with Gasteiger partial charge in [0.25, 0.3) is 0 Å². The molecule has 26 rings (SSSR count). The highest BCUT2D eigenvalue weighted by atomic mass is 15.0. The van der Waals surface area contributed by atoms with Crippen LogP contribution in [0, 0.1) is 0 Å². The van der Waals surface area contributed by atoms with Gasteiger partial charge in [-0.1, -0.05) is 279 Å². The zero-order chi connectivity index (χ0) is 80.0. The lowest BCUT2D eigenvalue weighted by Gasteiger charge is -2.11. The van der Waals surface area contributed by atoms with E-state index in [-0.39, 0.29) is 0 Å². The van der Waals surface area contributed by atoms with Crippen molar-refractivity contribution in [1.29, 1.82) is 0 Å². The highest BCUT2D eigenvalue weighted by molar-refractivity contribution is 6.30. The molecule has 6 nitrogen and oxygen atoms in total. The molecule has 0 N–H and O–H groups in total. The molecule has 6 aromatic heterocycles. The molecule has 6 heteroatoms. The molecule has 20 aromatic carbocycles. The summed E-state index contributed by atoms with van der Waals surface area (Å²) in [6, 6.07) is 165. The molecular weight excluding hydrogens is 1480 g/mol. The molecule has 26 aromatic rings. The van der Waals surface area contributed by atoms with Crippen LogP contribution in [0.4, 0.5) is 0 Å². The normalized spacial score (nSPS) is 11.9. The van der Waals surface area contributed by atoms with Gasteiger partial charge in [-0.15, -0.1) is 0 Å². The van der Waals surface area contributed by atoms with E-state index in [0.717, 1.165) is 34.1 Å². The molecule has 0 radical (unpaired) electrons. The van der Waals surface area contributed by atoms with Crippen molar-refractivity contribution < 1.29 is 0 Å². The second kappa shape index (κ2) is 27.7. The van der Waals surface area contributed by atoms with Crippen molar-refractivity contribution in [2.75, 3.05) is 0 Å². The van der Waals surface area contributed by atoms with Gasteiger partial charge in [0.1, 0.15) is 0 Å². The smallest absolute Gasteiger partial charge is 0.0548 e. The van der Waals surface area contributed by atoms with E-state index < -0.39 is 0 Å². The third kappa shape index (κ3) is 10.9. The summed E-state index contributed by atoms with van der Waals surface area (Å²) in [4.78, 5) is 0. The molecule has 0 aliphatic carbocycles. The largest absolute Gasteiger partial charge is 0.309 e. The fraction of sp³-hybridized carbons (Fsp3) is 0. The summed E-state index contributed by atoms with van der Waals surface area (Å²) >= 11 is 0. The first kappa shape index (κ1) is 68.9. The quantitative estimate of drug-likeness (QED) is 0.131. The molecule has 122 heavy (non-hydrogen) atoms. The van der Waals surface area contributed by atoms with Gasteiger partial charge in [0, 0.05) is 98.8 Å². The lowest BCUT2D eigenvalue weighted by Crippen LogP contribution is -1.95. The Balaban J connectivity index is 0.000000134. The molecule has 0 fully saturated rings. The van der Waals surface area contributed by atoms with Crippen molar-refractivity contribution in [1.82, 2.24) is 27.4 Å². The number of para-hydroxylation sites is 6. The Kier molecular flexibility index (Phi) is 15.6. The summed E-state index contributed by atoms with van der Waals surface area (Å²) in [7, 11) is 0. The SMILES string of the molecule is c1ccc(-c2cccc(-n3c4ccccc4c4cc(-c5ccc6c(c5)c5c7c8ccccc8n(-c8ccccc8)c7ccc5n6-c5ccc6ccccc6c5)ccc43)c2)cc1.c1ccc(-c2cccc(-n3c4ccccc4c4cc(-c5ccc6c(c5)c5cc7c(cc5n6-c5ccc6ccccc6c5)c5ccccc5n7-c5ccccc5)ccc43)c2)cc1. The second-order valence-corrected chi connectivity index (χ2v) is 32.3. The molecular formula is C116H74N6. The molecule has 0 saturated carbocycles. The summed E-state index contributed by atoms with van der Waals surface area (Å²) in [6.45, 7) is 0. The number of hydrogen-bond acceptors (Lipinski definition) is 0. The monoisotopic (exact) mass is 1550 g/mol. The summed E-state index contributed by atoms with van der Waals surface area (Å²) in [6.07, 6.45) is 0. The van der Waals surface area contributed by atoms with Crippen LogP contribution in [-0.2, 0) is 0 Å². The van der Waals surface area contributed by atoms with Gasteiger partial charge in [0.15, 0.2) is 0 Å². The standard InChI is InChI=1S/2C58H37N3/c1-3-14-38(15-4-1)41-18-13-21-45(32-41)60-54-25-12-9-22-47(54)49-34-42(27-30-55(49)60)43-28-31-56-50(35-43)52-37-57-51(48-23-10-11-24-53(48)59(57)44-19-5-2-6-20-44)36-58(52)61(56)46-29-26-39-16-7-8-17-40(39)33-46;1-3-14-38(15-4-1)41-18-13-21-45(34-41)60-51-24-11-9-22-47(51)49-36-42(27-30-53(49)60)43-28-31-54-50(37-43)58-56(61(54)46-29-26-39-16-7-8-17-40(39)35-46)33-32-55-57(58)48-23-10-12-25-52(48)59(55)44-19-5-2-6-20-44/h2*1-37H. The number of fused-ring (bicyclic) bond motifs is 21. The van der Waals surface area contributed by atoms with Crippen LogP contribution in [0.5, 0.6) is 0 Å². The van der Waals surface area contributed by atoms with E-state index in [1.807, 2.05) is 0 Å². The second-order valence-electron chi connectivity index (χ2n) is 32.3. The number of aromatic nitrogens is 6. The minimum atomic E-state index is 1.15. The van der Waals surface area contributed by atoms with E-state index in [1.165, 1.54) is 197 Å². The van der Waals surface area contributed by atoms with Crippen LogP contribution in [0.1, 0.15) is 0 Å². The molecule has 0 saturated heterocycles. The first-order valence-electron chi connectivity index (χ1n) is 42.0. The van der Waals surface area contributed by atoms with Gasteiger partial charge >= 0.3 is 0 Å². The van der Waals surface area contributed by atoms with Crippen molar-refractivity contribution in [2.45, 2.75) is 0 Å².